The van der Waals surface area contributed by atoms with Gasteiger partial charge in [-0.05, 0) is 86.9 Å². The molecule has 1 saturated carbocycles. The topological polar surface area (TPSA) is 69.3 Å². The molecule has 33 heavy (non-hydrogen) atoms. The Bertz CT molecular complexity index is 934. The normalized spacial score (nSPS) is 23.4. The smallest absolute Gasteiger partial charge is 0.323 e. The van der Waals surface area contributed by atoms with Gasteiger partial charge in [0.1, 0.15) is 12.6 Å². The fourth-order valence-corrected chi connectivity index (χ4v) is 6.01. The van der Waals surface area contributed by atoms with Gasteiger partial charge in [0.15, 0.2) is 0 Å². The Morgan fingerprint density at radius 3 is 2.36 bits per heavy atom. The molecular formula is C28H43N3O2. The Balaban J connectivity index is 1.73. The number of nitrogens with one attached hydrogen (secondary N) is 1. The van der Waals surface area contributed by atoms with Gasteiger partial charge in [-0.25, -0.2) is 0 Å². The molecule has 5 nitrogen and oxygen atoms in total. The van der Waals surface area contributed by atoms with E-state index in [-0.39, 0.29) is 11.9 Å². The first-order chi connectivity index (χ1) is 15.9. The van der Waals surface area contributed by atoms with Crippen molar-refractivity contribution in [2.24, 2.45) is 23.5 Å². The van der Waals surface area contributed by atoms with E-state index < -0.39 is 6.04 Å². The maximum atomic E-state index is 12.7. The summed E-state index contributed by atoms with van der Waals surface area (Å²) in [6.07, 6.45) is 7.18. The second-order valence-electron chi connectivity index (χ2n) is 11.0. The van der Waals surface area contributed by atoms with Crippen LogP contribution >= 0.6 is 0 Å². The Kier molecular flexibility index (Phi) is 7.80. The van der Waals surface area contributed by atoms with Crippen molar-refractivity contribution in [3.63, 3.8) is 0 Å². The zero-order valence-corrected chi connectivity index (χ0v) is 21.0. The predicted molar refractivity (Wildman–Crippen MR) is 135 cm³/mol. The molecule has 1 aliphatic carbocycles. The predicted octanol–water partition coefficient (Wildman–Crippen LogP) is 5.52. The van der Waals surface area contributed by atoms with Crippen LogP contribution < -0.4 is 11.1 Å². The van der Waals surface area contributed by atoms with Crippen LogP contribution in [0.2, 0.25) is 0 Å². The fourth-order valence-electron chi connectivity index (χ4n) is 6.01. The summed E-state index contributed by atoms with van der Waals surface area (Å²) < 4.78 is 8.46. The third-order valence-corrected chi connectivity index (χ3v) is 8.19. The van der Waals surface area contributed by atoms with Crippen molar-refractivity contribution in [3.8, 4) is 0 Å². The molecule has 0 radical (unpaired) electrons. The number of hydrogen-bond acceptors (Lipinski definition) is 4. The highest BCUT2D eigenvalue weighted by Gasteiger charge is 2.32. The Labute approximate surface area is 199 Å². The number of piperidine rings is 1. The number of rotatable bonds is 7. The highest BCUT2D eigenvalue weighted by atomic mass is 16.5. The SMILES string of the molecule is CC(C)C1CCC(n2c(COC(=O)C(N)C(C)C)c(C3CCNCC3)c3ccccc32)CC1. The van der Waals surface area contributed by atoms with Crippen LogP contribution in [0.1, 0.15) is 89.4 Å². The highest BCUT2D eigenvalue weighted by molar-refractivity contribution is 5.86. The maximum Gasteiger partial charge on any atom is 0.323 e. The van der Waals surface area contributed by atoms with E-state index in [0.717, 1.165) is 37.8 Å². The highest BCUT2D eigenvalue weighted by Crippen LogP contribution is 2.43. The lowest BCUT2D eigenvalue weighted by Crippen LogP contribution is -2.37. The molecule has 2 fully saturated rings. The molecule has 1 aromatic heterocycles. The van der Waals surface area contributed by atoms with Gasteiger partial charge < -0.3 is 20.4 Å². The summed E-state index contributed by atoms with van der Waals surface area (Å²) in [5.41, 5.74) is 10.0. The summed E-state index contributed by atoms with van der Waals surface area (Å²) in [5.74, 6) is 1.84. The van der Waals surface area contributed by atoms with E-state index in [1.54, 1.807) is 0 Å². The number of aromatic nitrogens is 1. The summed E-state index contributed by atoms with van der Waals surface area (Å²) in [7, 11) is 0. The monoisotopic (exact) mass is 453 g/mol. The van der Waals surface area contributed by atoms with E-state index in [1.807, 2.05) is 13.8 Å². The van der Waals surface area contributed by atoms with Crippen LogP contribution in [-0.4, -0.2) is 29.7 Å². The molecular weight excluding hydrogens is 410 g/mol. The van der Waals surface area contributed by atoms with Gasteiger partial charge in [0.05, 0.1) is 5.69 Å². The molecule has 1 unspecified atom stereocenters. The third-order valence-electron chi connectivity index (χ3n) is 8.19. The number of nitrogens with two attached hydrogens (primary N) is 1. The van der Waals surface area contributed by atoms with E-state index in [1.165, 1.54) is 47.8 Å². The second-order valence-corrected chi connectivity index (χ2v) is 11.0. The number of fused-ring (bicyclic) bond motifs is 1. The van der Waals surface area contributed by atoms with E-state index in [9.17, 15) is 4.79 Å². The lowest BCUT2D eigenvalue weighted by atomic mass is 9.79. The van der Waals surface area contributed by atoms with Crippen molar-refractivity contribution in [2.45, 2.75) is 90.8 Å². The number of para-hydroxylation sites is 1. The van der Waals surface area contributed by atoms with Crippen molar-refractivity contribution in [3.05, 3.63) is 35.5 Å². The molecule has 0 bridgehead atoms. The number of nitrogens with zero attached hydrogens (tertiary/aromatic N) is 1. The van der Waals surface area contributed by atoms with Gasteiger partial charge >= 0.3 is 5.97 Å². The van der Waals surface area contributed by atoms with Gasteiger partial charge in [0, 0.05) is 16.9 Å². The number of hydrogen-bond donors (Lipinski definition) is 2. The average Bonchev–Trinajstić information content (AvgIpc) is 3.16. The lowest BCUT2D eigenvalue weighted by molar-refractivity contribution is -0.147. The van der Waals surface area contributed by atoms with Gasteiger partial charge in [0.2, 0.25) is 0 Å². The fraction of sp³-hybridized carbons (Fsp3) is 0.679. The van der Waals surface area contributed by atoms with Crippen molar-refractivity contribution < 1.29 is 9.53 Å². The maximum absolute atomic E-state index is 12.7. The molecule has 1 saturated heterocycles. The quantitative estimate of drug-likeness (QED) is 0.542. The van der Waals surface area contributed by atoms with Gasteiger partial charge in [0.25, 0.3) is 0 Å². The van der Waals surface area contributed by atoms with Crippen LogP contribution in [0.5, 0.6) is 0 Å². The van der Waals surface area contributed by atoms with Crippen LogP contribution in [0, 0.1) is 17.8 Å². The first kappa shape index (κ1) is 24.3. The number of esters is 1. The molecule has 5 heteroatoms. The third kappa shape index (κ3) is 5.14. The molecule has 2 aromatic rings. The minimum absolute atomic E-state index is 0.0681. The van der Waals surface area contributed by atoms with E-state index >= 15 is 0 Å². The van der Waals surface area contributed by atoms with Crippen LogP contribution in [-0.2, 0) is 16.1 Å². The van der Waals surface area contributed by atoms with Crippen molar-refractivity contribution >= 4 is 16.9 Å². The van der Waals surface area contributed by atoms with Crippen LogP contribution in [0.25, 0.3) is 10.9 Å². The summed E-state index contributed by atoms with van der Waals surface area (Å²) in [6.45, 7) is 11.1. The van der Waals surface area contributed by atoms with E-state index in [4.69, 9.17) is 10.5 Å². The summed E-state index contributed by atoms with van der Waals surface area (Å²) in [5, 5.41) is 4.85. The van der Waals surface area contributed by atoms with Gasteiger partial charge in [-0.1, -0.05) is 45.9 Å². The Morgan fingerprint density at radius 1 is 1.06 bits per heavy atom. The molecule has 0 amide bonds. The zero-order chi connectivity index (χ0) is 23.5. The van der Waals surface area contributed by atoms with Crippen molar-refractivity contribution in [1.82, 2.24) is 9.88 Å². The summed E-state index contributed by atoms with van der Waals surface area (Å²) in [6, 6.07) is 8.72. The van der Waals surface area contributed by atoms with Crippen LogP contribution in [0.4, 0.5) is 0 Å². The molecule has 182 valence electrons. The molecule has 1 aromatic carbocycles. The Hall–Kier alpha value is -1.85. The largest absolute Gasteiger partial charge is 0.458 e. The molecule has 1 atom stereocenters. The van der Waals surface area contributed by atoms with E-state index in [0.29, 0.717) is 18.6 Å². The standard InChI is InChI=1S/C28H43N3O2/c1-18(2)20-9-11-22(12-10-20)31-24-8-6-5-7-23(24)26(21-13-15-30-16-14-21)25(31)17-33-28(32)27(29)19(3)4/h5-8,18-22,27,30H,9-17,29H2,1-4H3. The van der Waals surface area contributed by atoms with Crippen molar-refractivity contribution in [2.75, 3.05) is 13.1 Å². The van der Waals surface area contributed by atoms with Crippen molar-refractivity contribution in [1.29, 1.82) is 0 Å². The molecule has 0 spiro atoms. The number of benzene rings is 1. The minimum Gasteiger partial charge on any atom is -0.458 e. The number of ether oxygens (including phenoxy) is 1. The Morgan fingerprint density at radius 2 is 1.73 bits per heavy atom. The molecule has 4 rings (SSSR count). The molecule has 2 heterocycles. The summed E-state index contributed by atoms with van der Waals surface area (Å²) >= 11 is 0. The minimum atomic E-state index is -0.577. The van der Waals surface area contributed by atoms with Gasteiger partial charge in [-0.3, -0.25) is 4.79 Å². The molecule has 1 aliphatic heterocycles. The van der Waals surface area contributed by atoms with Crippen LogP contribution in [0.15, 0.2) is 24.3 Å². The summed E-state index contributed by atoms with van der Waals surface area (Å²) in [4.78, 5) is 12.7. The molecule has 2 aliphatic rings. The average molecular weight is 454 g/mol. The van der Waals surface area contributed by atoms with Gasteiger partial charge in [-0.2, -0.15) is 0 Å². The first-order valence-corrected chi connectivity index (χ1v) is 13.1. The first-order valence-electron chi connectivity index (χ1n) is 13.1. The van der Waals surface area contributed by atoms with Crippen LogP contribution in [0.3, 0.4) is 0 Å². The second kappa shape index (κ2) is 10.6. The zero-order valence-electron chi connectivity index (χ0n) is 21.0. The van der Waals surface area contributed by atoms with Gasteiger partial charge in [-0.15, -0.1) is 0 Å². The number of carbonyl (C=O) groups excluding carboxylic acids is 1. The van der Waals surface area contributed by atoms with E-state index in [2.05, 4.69) is 48.0 Å². The number of carbonyl (C=O) groups is 1. The molecule has 3 N–H and O–H groups in total. The lowest BCUT2D eigenvalue weighted by Gasteiger charge is -2.33.